The van der Waals surface area contributed by atoms with Gasteiger partial charge in [-0.05, 0) is 28.7 Å². The van der Waals surface area contributed by atoms with Crippen molar-refractivity contribution >= 4 is 18.1 Å². The van der Waals surface area contributed by atoms with Gasteiger partial charge in [-0.3, -0.25) is 0 Å². The summed E-state index contributed by atoms with van der Waals surface area (Å²) in [6.45, 7) is 4.62. The van der Waals surface area contributed by atoms with Crippen molar-refractivity contribution in [3.8, 4) is 0 Å². The van der Waals surface area contributed by atoms with E-state index in [-0.39, 0.29) is 8.31 Å². The Morgan fingerprint density at radius 3 is 2.33 bits per heavy atom. The third-order valence-electron chi connectivity index (χ3n) is 2.13. The van der Waals surface area contributed by atoms with E-state index in [0.717, 1.165) is 0 Å². The van der Waals surface area contributed by atoms with Crippen LogP contribution < -0.4 is 0 Å². The van der Waals surface area contributed by atoms with E-state index >= 15 is 0 Å². The minimum atomic E-state index is -0.214. The van der Waals surface area contributed by atoms with Crippen molar-refractivity contribution in [1.29, 1.82) is 0 Å². The third-order valence-corrected chi connectivity index (χ3v) is 5.31. The first-order chi connectivity index (χ1) is 5.68. The summed E-state index contributed by atoms with van der Waals surface area (Å²) in [5.41, 5.74) is 2.89. The molecular formula is C10H18Si2. The highest BCUT2D eigenvalue weighted by molar-refractivity contribution is 7.02. The van der Waals surface area contributed by atoms with E-state index in [1.807, 2.05) is 0 Å². The van der Waals surface area contributed by atoms with Gasteiger partial charge in [-0.2, -0.15) is 0 Å². The van der Waals surface area contributed by atoms with Crippen molar-refractivity contribution in [2.24, 2.45) is 0 Å². The molecule has 0 bridgehead atoms. The number of aryl methyl sites for hydroxylation is 2. The minimum Gasteiger partial charge on any atom is -0.0746 e. The highest BCUT2D eigenvalue weighted by Gasteiger charge is 1.96. The first kappa shape index (κ1) is 9.74. The molecule has 0 aromatic heterocycles. The molecule has 1 aromatic carbocycles. The summed E-state index contributed by atoms with van der Waals surface area (Å²) in [6.07, 6.45) is 1.32. The molecule has 0 radical (unpaired) electrons. The molecule has 0 heterocycles. The van der Waals surface area contributed by atoms with Crippen LogP contribution in [0.1, 0.15) is 11.1 Å². The maximum Gasteiger partial charge on any atom is 0.0175 e. The lowest BCUT2D eigenvalue weighted by Gasteiger charge is -2.03. The second-order valence-corrected chi connectivity index (χ2v) is 13.2. The molecule has 0 aliphatic rings. The van der Waals surface area contributed by atoms with Crippen LogP contribution in [0.15, 0.2) is 24.3 Å². The molecule has 0 saturated heterocycles. The van der Waals surface area contributed by atoms with E-state index < -0.39 is 0 Å². The van der Waals surface area contributed by atoms with Crippen LogP contribution in [0.25, 0.3) is 0 Å². The molecule has 66 valence electrons. The fourth-order valence-corrected chi connectivity index (χ4v) is 2.99. The van der Waals surface area contributed by atoms with Gasteiger partial charge in [-0.15, -0.1) is 0 Å². The van der Waals surface area contributed by atoms with E-state index in [2.05, 4.69) is 37.7 Å². The van der Waals surface area contributed by atoms with E-state index in [1.54, 1.807) is 0 Å². The number of benzene rings is 1. The van der Waals surface area contributed by atoms with Gasteiger partial charge in [-0.25, -0.2) is 0 Å². The van der Waals surface area contributed by atoms with Gasteiger partial charge >= 0.3 is 0 Å². The number of hydrogen-bond donors (Lipinski definition) is 0. The van der Waals surface area contributed by atoms with Crippen LogP contribution >= 0.6 is 0 Å². The van der Waals surface area contributed by atoms with E-state index in [1.165, 1.54) is 33.4 Å². The van der Waals surface area contributed by atoms with Crippen molar-refractivity contribution in [2.45, 2.75) is 25.9 Å². The lowest BCUT2D eigenvalue weighted by Crippen LogP contribution is -2.07. The summed E-state index contributed by atoms with van der Waals surface area (Å²) >= 11 is 0. The zero-order chi connectivity index (χ0) is 8.97. The molecule has 0 fully saturated rings. The molecule has 0 saturated carbocycles. The Kier molecular flexibility index (Phi) is 3.75. The maximum atomic E-state index is 2.47. The van der Waals surface area contributed by atoms with Gasteiger partial charge in [0.1, 0.15) is 0 Å². The van der Waals surface area contributed by atoms with Crippen LogP contribution in [0.3, 0.4) is 0 Å². The van der Waals surface area contributed by atoms with Crippen molar-refractivity contribution < 1.29 is 0 Å². The van der Waals surface area contributed by atoms with Gasteiger partial charge in [0, 0.05) is 8.31 Å². The Bertz CT molecular complexity index is 226. The van der Waals surface area contributed by atoms with Crippen LogP contribution in [0.2, 0.25) is 12.6 Å². The average molecular weight is 194 g/mol. The standard InChI is InChI=1S/C10H18Si2/c1-9-3-5-10(6-4-9)7-8-12(2)11/h3-6,12H,7-8H2,1-2,11H3. The largest absolute Gasteiger partial charge is 0.0746 e. The van der Waals surface area contributed by atoms with Crippen LogP contribution in [0.4, 0.5) is 0 Å². The van der Waals surface area contributed by atoms with Crippen LogP contribution in [-0.2, 0) is 6.42 Å². The first-order valence-electron chi connectivity index (χ1n) is 4.74. The Labute approximate surface area is 79.8 Å². The van der Waals surface area contributed by atoms with Gasteiger partial charge in [0.05, 0.1) is 0 Å². The Hall–Kier alpha value is -0.346. The predicted molar refractivity (Wildman–Crippen MR) is 62.6 cm³/mol. The summed E-state index contributed by atoms with van der Waals surface area (Å²) in [7, 11) is 1.25. The fraction of sp³-hybridized carbons (Fsp3) is 0.400. The molecule has 2 heteroatoms. The molecule has 0 spiro atoms. The lowest BCUT2D eigenvalue weighted by atomic mass is 10.1. The molecule has 1 atom stereocenters. The van der Waals surface area contributed by atoms with Crippen molar-refractivity contribution in [3.05, 3.63) is 35.4 Å². The predicted octanol–water partition coefficient (Wildman–Crippen LogP) is 1.26. The molecule has 0 amide bonds. The monoisotopic (exact) mass is 194 g/mol. The minimum absolute atomic E-state index is 0.214. The Morgan fingerprint density at radius 1 is 1.25 bits per heavy atom. The summed E-state index contributed by atoms with van der Waals surface area (Å²) in [5.74, 6) is 0. The quantitative estimate of drug-likeness (QED) is 0.636. The molecule has 0 aliphatic carbocycles. The highest BCUT2D eigenvalue weighted by atomic mass is 29.1. The van der Waals surface area contributed by atoms with Crippen LogP contribution in [-0.4, -0.2) is 18.1 Å². The molecule has 1 rings (SSSR count). The molecule has 1 aromatic rings. The molecular weight excluding hydrogens is 176 g/mol. The normalized spacial score (nSPS) is 13.2. The van der Waals surface area contributed by atoms with Gasteiger partial charge in [0.15, 0.2) is 0 Å². The summed E-state index contributed by atoms with van der Waals surface area (Å²) in [6, 6.07) is 10.5. The molecule has 1 unspecified atom stereocenters. The zero-order valence-electron chi connectivity index (χ0n) is 8.30. The van der Waals surface area contributed by atoms with Crippen LogP contribution in [0.5, 0.6) is 0 Å². The first-order valence-corrected chi connectivity index (χ1v) is 11.3. The van der Waals surface area contributed by atoms with Crippen molar-refractivity contribution in [2.75, 3.05) is 0 Å². The zero-order valence-corrected chi connectivity index (χ0v) is 11.5. The van der Waals surface area contributed by atoms with E-state index in [4.69, 9.17) is 0 Å². The van der Waals surface area contributed by atoms with Crippen molar-refractivity contribution in [1.82, 2.24) is 0 Å². The van der Waals surface area contributed by atoms with Crippen molar-refractivity contribution in [3.63, 3.8) is 0 Å². The van der Waals surface area contributed by atoms with Gasteiger partial charge in [0.25, 0.3) is 0 Å². The highest BCUT2D eigenvalue weighted by Crippen LogP contribution is 2.06. The summed E-state index contributed by atoms with van der Waals surface area (Å²) in [4.78, 5) is 0. The fourth-order valence-electron chi connectivity index (χ4n) is 1.21. The number of rotatable bonds is 3. The molecule has 0 nitrogen and oxygen atoms in total. The molecule has 12 heavy (non-hydrogen) atoms. The van der Waals surface area contributed by atoms with E-state index in [0.29, 0.717) is 0 Å². The Morgan fingerprint density at radius 2 is 1.83 bits per heavy atom. The van der Waals surface area contributed by atoms with E-state index in [9.17, 15) is 0 Å². The summed E-state index contributed by atoms with van der Waals surface area (Å²) in [5, 5.41) is 0. The average Bonchev–Trinajstić information content (AvgIpc) is 2.03. The smallest absolute Gasteiger partial charge is 0.0175 e. The Balaban J connectivity index is 2.48. The van der Waals surface area contributed by atoms with Crippen LogP contribution in [0, 0.1) is 6.92 Å². The molecule has 0 N–H and O–H groups in total. The lowest BCUT2D eigenvalue weighted by molar-refractivity contribution is 1.12. The second kappa shape index (κ2) is 4.62. The summed E-state index contributed by atoms with van der Waals surface area (Å²) < 4.78 is 0. The topological polar surface area (TPSA) is 0 Å². The maximum absolute atomic E-state index is 2.47. The SMILES string of the molecule is Cc1ccc(CC[SiH](C)[SiH3])cc1. The second-order valence-electron chi connectivity index (χ2n) is 3.92. The molecule has 0 aliphatic heterocycles. The number of hydrogen-bond acceptors (Lipinski definition) is 0. The third kappa shape index (κ3) is 3.37. The van der Waals surface area contributed by atoms with Gasteiger partial charge in [0.2, 0.25) is 0 Å². The van der Waals surface area contributed by atoms with Gasteiger partial charge < -0.3 is 0 Å². The van der Waals surface area contributed by atoms with Gasteiger partial charge in [-0.1, -0.05) is 42.4 Å².